The number of rotatable bonds is 5. The summed E-state index contributed by atoms with van der Waals surface area (Å²) >= 11 is 0. The second kappa shape index (κ2) is 6.19. The van der Waals surface area contributed by atoms with Gasteiger partial charge in [0.15, 0.2) is 0 Å². The molecule has 0 fully saturated rings. The van der Waals surface area contributed by atoms with Crippen molar-refractivity contribution in [3.05, 3.63) is 65.5 Å². The average Bonchev–Trinajstić information content (AvgIpc) is 2.44. The Balaban J connectivity index is 2.14. The first kappa shape index (κ1) is 14.1. The molecule has 0 saturated carbocycles. The highest BCUT2D eigenvalue weighted by molar-refractivity contribution is 5.77. The molecular weight excluding hydrogens is 257 g/mol. The molecule has 0 radical (unpaired) electrons. The van der Waals surface area contributed by atoms with Crippen LogP contribution in [0.25, 0.3) is 0 Å². The number of carboxylic acid groups (broad SMARTS) is 1. The molecule has 3 nitrogen and oxygen atoms in total. The summed E-state index contributed by atoms with van der Waals surface area (Å²) in [5, 5.41) is 12.3. The van der Waals surface area contributed by atoms with E-state index in [4.69, 9.17) is 0 Å². The van der Waals surface area contributed by atoms with E-state index in [9.17, 15) is 14.3 Å². The van der Waals surface area contributed by atoms with Gasteiger partial charge in [0.05, 0.1) is 5.92 Å². The van der Waals surface area contributed by atoms with Crippen molar-refractivity contribution in [1.82, 2.24) is 0 Å². The van der Waals surface area contributed by atoms with Crippen LogP contribution in [0.3, 0.4) is 0 Å². The maximum atomic E-state index is 13.4. The fraction of sp³-hybridized carbons (Fsp3) is 0.188. The number of halogens is 1. The van der Waals surface area contributed by atoms with Gasteiger partial charge in [0.2, 0.25) is 0 Å². The molecule has 104 valence electrons. The summed E-state index contributed by atoms with van der Waals surface area (Å²) in [4.78, 5) is 11.4. The minimum Gasteiger partial charge on any atom is -0.481 e. The van der Waals surface area contributed by atoms with Gasteiger partial charge in [-0.3, -0.25) is 4.79 Å². The van der Waals surface area contributed by atoms with Gasteiger partial charge in [-0.1, -0.05) is 36.4 Å². The van der Waals surface area contributed by atoms with Gasteiger partial charge in [-0.15, -0.1) is 0 Å². The van der Waals surface area contributed by atoms with Crippen LogP contribution in [-0.4, -0.2) is 17.6 Å². The molecule has 0 aliphatic rings. The molecule has 0 heterocycles. The first-order valence-electron chi connectivity index (χ1n) is 6.36. The molecule has 20 heavy (non-hydrogen) atoms. The molecule has 0 aromatic heterocycles. The fourth-order valence-electron chi connectivity index (χ4n) is 2.04. The summed E-state index contributed by atoms with van der Waals surface area (Å²) in [5.41, 5.74) is 1.83. The van der Waals surface area contributed by atoms with E-state index < -0.39 is 11.9 Å². The summed E-state index contributed by atoms with van der Waals surface area (Å²) in [6, 6.07) is 13.7. The van der Waals surface area contributed by atoms with E-state index in [0.717, 1.165) is 5.56 Å². The Morgan fingerprint density at radius 1 is 1.20 bits per heavy atom. The molecule has 2 rings (SSSR count). The SMILES string of the molecule is Cc1c(F)cccc1NCC(C(=O)O)c1ccccc1. The maximum Gasteiger partial charge on any atom is 0.312 e. The number of aliphatic carboxylic acids is 1. The number of anilines is 1. The first-order chi connectivity index (χ1) is 9.59. The molecule has 0 amide bonds. The van der Waals surface area contributed by atoms with E-state index in [2.05, 4.69) is 5.32 Å². The minimum atomic E-state index is -0.905. The monoisotopic (exact) mass is 273 g/mol. The van der Waals surface area contributed by atoms with E-state index >= 15 is 0 Å². The molecule has 2 N–H and O–H groups in total. The highest BCUT2D eigenvalue weighted by Crippen LogP contribution is 2.21. The standard InChI is InChI=1S/C16H16FNO2/c1-11-14(17)8-5-9-15(11)18-10-13(16(19)20)12-6-3-2-4-7-12/h2-9,13,18H,10H2,1H3,(H,19,20). The van der Waals surface area contributed by atoms with Crippen LogP contribution in [0.5, 0.6) is 0 Å². The molecule has 0 bridgehead atoms. The smallest absolute Gasteiger partial charge is 0.312 e. The van der Waals surface area contributed by atoms with Gasteiger partial charge in [-0.25, -0.2) is 4.39 Å². The van der Waals surface area contributed by atoms with Gasteiger partial charge in [0.25, 0.3) is 0 Å². The summed E-state index contributed by atoms with van der Waals surface area (Å²) in [7, 11) is 0. The quantitative estimate of drug-likeness (QED) is 0.877. The number of hydrogen-bond donors (Lipinski definition) is 2. The second-order valence-corrected chi connectivity index (χ2v) is 4.59. The Labute approximate surface area is 117 Å². The van der Waals surface area contributed by atoms with Crippen molar-refractivity contribution >= 4 is 11.7 Å². The highest BCUT2D eigenvalue weighted by atomic mass is 19.1. The van der Waals surface area contributed by atoms with E-state index in [1.165, 1.54) is 6.07 Å². The van der Waals surface area contributed by atoms with Crippen molar-refractivity contribution in [3.8, 4) is 0 Å². The lowest BCUT2D eigenvalue weighted by Gasteiger charge is -2.16. The topological polar surface area (TPSA) is 49.3 Å². The molecule has 0 spiro atoms. The van der Waals surface area contributed by atoms with Gasteiger partial charge in [-0.2, -0.15) is 0 Å². The Hall–Kier alpha value is -2.36. The average molecular weight is 273 g/mol. The van der Waals surface area contributed by atoms with Gasteiger partial charge in [-0.05, 0) is 24.6 Å². The van der Waals surface area contributed by atoms with Crippen LogP contribution < -0.4 is 5.32 Å². The lowest BCUT2D eigenvalue weighted by Crippen LogP contribution is -2.21. The number of hydrogen-bond acceptors (Lipinski definition) is 2. The Bertz CT molecular complexity index is 599. The van der Waals surface area contributed by atoms with Gasteiger partial charge in [0.1, 0.15) is 5.82 Å². The summed E-state index contributed by atoms with van der Waals surface area (Å²) in [5.74, 6) is -1.88. The number of nitrogens with one attached hydrogen (secondary N) is 1. The molecule has 0 aliphatic carbocycles. The summed E-state index contributed by atoms with van der Waals surface area (Å²) < 4.78 is 13.4. The molecule has 0 saturated heterocycles. The minimum absolute atomic E-state index is 0.212. The van der Waals surface area contributed by atoms with Crippen molar-refractivity contribution in [3.63, 3.8) is 0 Å². The predicted octanol–water partition coefficient (Wildman–Crippen LogP) is 3.41. The third-order valence-electron chi connectivity index (χ3n) is 3.26. The van der Waals surface area contributed by atoms with Crippen LogP contribution in [-0.2, 0) is 4.79 Å². The van der Waals surface area contributed by atoms with Crippen molar-refractivity contribution < 1.29 is 14.3 Å². The van der Waals surface area contributed by atoms with Crippen LogP contribution in [0.2, 0.25) is 0 Å². The third kappa shape index (κ3) is 3.15. The van der Waals surface area contributed by atoms with E-state index in [0.29, 0.717) is 11.3 Å². The third-order valence-corrected chi connectivity index (χ3v) is 3.26. The summed E-state index contributed by atoms with van der Waals surface area (Å²) in [6.07, 6.45) is 0. The van der Waals surface area contributed by atoms with Gasteiger partial charge in [0, 0.05) is 17.8 Å². The zero-order valence-electron chi connectivity index (χ0n) is 11.1. The van der Waals surface area contributed by atoms with Crippen molar-refractivity contribution in [1.29, 1.82) is 0 Å². The van der Waals surface area contributed by atoms with Crippen LogP contribution in [0.4, 0.5) is 10.1 Å². The molecule has 1 unspecified atom stereocenters. The van der Waals surface area contributed by atoms with Crippen molar-refractivity contribution in [2.24, 2.45) is 0 Å². The number of carboxylic acids is 1. The van der Waals surface area contributed by atoms with Gasteiger partial charge < -0.3 is 10.4 Å². The summed E-state index contributed by atoms with van der Waals surface area (Å²) in [6.45, 7) is 1.87. The van der Waals surface area contributed by atoms with Crippen LogP contribution in [0.1, 0.15) is 17.0 Å². The largest absolute Gasteiger partial charge is 0.481 e. The number of carbonyl (C=O) groups is 1. The van der Waals surface area contributed by atoms with E-state index in [-0.39, 0.29) is 12.4 Å². The maximum absolute atomic E-state index is 13.4. The lowest BCUT2D eigenvalue weighted by atomic mass is 9.99. The zero-order chi connectivity index (χ0) is 14.5. The van der Waals surface area contributed by atoms with Crippen molar-refractivity contribution in [2.45, 2.75) is 12.8 Å². The Morgan fingerprint density at radius 2 is 1.90 bits per heavy atom. The van der Waals surface area contributed by atoms with E-state index in [1.54, 1.807) is 43.3 Å². The van der Waals surface area contributed by atoms with Crippen LogP contribution >= 0.6 is 0 Å². The Kier molecular flexibility index (Phi) is 4.35. The second-order valence-electron chi connectivity index (χ2n) is 4.59. The van der Waals surface area contributed by atoms with Crippen molar-refractivity contribution in [2.75, 3.05) is 11.9 Å². The normalized spacial score (nSPS) is 11.9. The first-order valence-corrected chi connectivity index (χ1v) is 6.36. The molecule has 4 heteroatoms. The highest BCUT2D eigenvalue weighted by Gasteiger charge is 2.19. The van der Waals surface area contributed by atoms with Crippen LogP contribution in [0, 0.1) is 12.7 Å². The Morgan fingerprint density at radius 3 is 2.55 bits per heavy atom. The molecule has 2 aromatic carbocycles. The molecule has 2 aromatic rings. The van der Waals surface area contributed by atoms with E-state index in [1.807, 2.05) is 6.07 Å². The van der Waals surface area contributed by atoms with Crippen LogP contribution in [0.15, 0.2) is 48.5 Å². The molecule has 1 atom stereocenters. The lowest BCUT2D eigenvalue weighted by molar-refractivity contribution is -0.138. The molecular formula is C16H16FNO2. The number of benzene rings is 2. The molecule has 0 aliphatic heterocycles. The predicted molar refractivity (Wildman–Crippen MR) is 76.4 cm³/mol. The zero-order valence-corrected chi connectivity index (χ0v) is 11.1. The van der Waals surface area contributed by atoms with Gasteiger partial charge >= 0.3 is 5.97 Å². The fourth-order valence-corrected chi connectivity index (χ4v) is 2.04.